The monoisotopic (exact) mass is 627 g/mol. The van der Waals surface area contributed by atoms with Crippen LogP contribution in [0.5, 0.6) is 0 Å². The van der Waals surface area contributed by atoms with E-state index in [1.54, 1.807) is 6.07 Å². The predicted molar refractivity (Wildman–Crippen MR) is 163 cm³/mol. The van der Waals surface area contributed by atoms with Gasteiger partial charge in [-0.25, -0.2) is 0 Å². The standard InChI is InChI=1S/C24H20N2O.C8H10AsNO5/c1-16-24(17(2)27-25-16)19-12-13-21-20-10-6-7-11-22(20)26(23(21)14-19)15-18-8-4-3-5-9-18;1-6(11)10-8-5-3-2-4-7(8)9(12,13)15-14/h3-14H,15H2,1-2H3;2-5,14H,1H3,(H,10,11)(H,12,13). The van der Waals surface area contributed by atoms with E-state index in [-0.39, 0.29) is 15.9 Å². The molecule has 1 atom stereocenters. The van der Waals surface area contributed by atoms with Gasteiger partial charge in [0, 0.05) is 28.4 Å². The van der Waals surface area contributed by atoms with E-state index >= 15 is 0 Å². The first kappa shape index (κ1) is 29.1. The van der Waals surface area contributed by atoms with Crippen molar-refractivity contribution >= 4 is 51.9 Å². The zero-order valence-corrected chi connectivity index (χ0v) is 25.2. The van der Waals surface area contributed by atoms with Gasteiger partial charge in [-0.15, -0.1) is 0 Å². The molecule has 0 aliphatic rings. The van der Waals surface area contributed by atoms with Gasteiger partial charge >= 0.3 is 88.4 Å². The Bertz CT molecular complexity index is 1910. The average Bonchev–Trinajstić information content (AvgIpc) is 3.49. The van der Waals surface area contributed by atoms with E-state index in [0.29, 0.717) is 0 Å². The fourth-order valence-corrected chi connectivity index (χ4v) is 6.77. The van der Waals surface area contributed by atoms with Gasteiger partial charge in [0.15, 0.2) is 0 Å². The molecule has 0 saturated heterocycles. The molecule has 214 valence electrons. The summed E-state index contributed by atoms with van der Waals surface area (Å²) in [6.45, 7) is 6.08. The Balaban J connectivity index is 0.000000201. The summed E-state index contributed by atoms with van der Waals surface area (Å²) in [5, 5.41) is 17.4. The second kappa shape index (κ2) is 12.2. The summed E-state index contributed by atoms with van der Waals surface area (Å²) in [6.07, 6.45) is 0. The van der Waals surface area contributed by atoms with E-state index in [1.165, 1.54) is 52.5 Å². The fourth-order valence-electron chi connectivity index (χ4n) is 5.10. The van der Waals surface area contributed by atoms with Crippen LogP contribution >= 0.6 is 0 Å². The van der Waals surface area contributed by atoms with Crippen molar-refractivity contribution < 1.29 is 26.3 Å². The van der Waals surface area contributed by atoms with Crippen LogP contribution in [0.2, 0.25) is 0 Å². The molecule has 42 heavy (non-hydrogen) atoms. The predicted octanol–water partition coefficient (Wildman–Crippen LogP) is 5.82. The number of para-hydroxylation sites is 2. The van der Waals surface area contributed by atoms with Crippen LogP contribution in [0.15, 0.2) is 102 Å². The van der Waals surface area contributed by atoms with Crippen LogP contribution in [-0.4, -0.2) is 39.2 Å². The van der Waals surface area contributed by atoms with E-state index in [9.17, 15) is 12.6 Å². The summed E-state index contributed by atoms with van der Waals surface area (Å²) in [7, 11) is 0. The van der Waals surface area contributed by atoms with Crippen molar-refractivity contribution in [3.05, 3.63) is 114 Å². The van der Waals surface area contributed by atoms with Crippen LogP contribution in [0.3, 0.4) is 0 Å². The number of aromatic nitrogens is 2. The van der Waals surface area contributed by atoms with E-state index in [2.05, 4.69) is 91.7 Å². The molecular weight excluding hydrogens is 597 g/mol. The molecule has 1 unspecified atom stereocenters. The van der Waals surface area contributed by atoms with Gasteiger partial charge in [-0.05, 0) is 37.1 Å². The molecule has 1 amide bonds. The van der Waals surface area contributed by atoms with Crippen molar-refractivity contribution in [1.82, 2.24) is 9.72 Å². The van der Waals surface area contributed by atoms with Gasteiger partial charge in [-0.3, -0.25) is 0 Å². The minimum absolute atomic E-state index is 0.103. The third-order valence-electron chi connectivity index (χ3n) is 6.91. The van der Waals surface area contributed by atoms with Crippen LogP contribution in [0.25, 0.3) is 32.9 Å². The molecule has 0 saturated carbocycles. The van der Waals surface area contributed by atoms with Crippen molar-refractivity contribution in [3.63, 3.8) is 0 Å². The zero-order valence-electron chi connectivity index (χ0n) is 23.3. The number of amides is 1. The molecule has 9 nitrogen and oxygen atoms in total. The molecule has 0 aliphatic carbocycles. The number of rotatable bonds is 6. The number of nitrogens with one attached hydrogen (secondary N) is 1. The van der Waals surface area contributed by atoms with Crippen LogP contribution in [0.1, 0.15) is 23.9 Å². The third-order valence-corrected chi connectivity index (χ3v) is 9.47. The number of hydrogen-bond donors (Lipinski definition) is 3. The van der Waals surface area contributed by atoms with Gasteiger partial charge in [0.1, 0.15) is 5.76 Å². The van der Waals surface area contributed by atoms with Gasteiger partial charge in [0.05, 0.1) is 11.2 Å². The fraction of sp³-hybridized carbons (Fsp3) is 0.125. The molecule has 6 aromatic rings. The Kier molecular flexibility index (Phi) is 8.47. The minimum Gasteiger partial charge on any atom is -0.361 e. The molecule has 0 radical (unpaired) electrons. The molecule has 2 heterocycles. The molecule has 3 N–H and O–H groups in total. The van der Waals surface area contributed by atoms with Crippen molar-refractivity contribution in [2.75, 3.05) is 5.32 Å². The molecule has 0 spiro atoms. The minimum atomic E-state index is -4.92. The summed E-state index contributed by atoms with van der Waals surface area (Å²) in [5.41, 5.74) is 7.11. The topological polar surface area (TPSA) is 127 Å². The quantitative estimate of drug-likeness (QED) is 0.121. The first-order chi connectivity index (χ1) is 20.2. The molecule has 0 fully saturated rings. The molecule has 4 aromatic carbocycles. The van der Waals surface area contributed by atoms with Crippen LogP contribution in [-0.2, 0) is 19.0 Å². The first-order valence-corrected chi connectivity index (χ1v) is 16.5. The molecule has 0 bridgehead atoms. The van der Waals surface area contributed by atoms with Crippen LogP contribution in [0, 0.1) is 13.8 Å². The average molecular weight is 628 g/mol. The van der Waals surface area contributed by atoms with Gasteiger partial charge in [-0.1, -0.05) is 65.8 Å². The summed E-state index contributed by atoms with van der Waals surface area (Å²) in [4.78, 5) is 10.8. The number of benzene rings is 4. The summed E-state index contributed by atoms with van der Waals surface area (Å²) >= 11 is -4.92. The number of hydrogen-bond acceptors (Lipinski definition) is 6. The van der Waals surface area contributed by atoms with Gasteiger partial charge in [0.25, 0.3) is 0 Å². The Morgan fingerprint density at radius 3 is 2.29 bits per heavy atom. The van der Waals surface area contributed by atoms with Crippen molar-refractivity contribution in [2.45, 2.75) is 27.3 Å². The maximum absolute atomic E-state index is 11.4. The van der Waals surface area contributed by atoms with Crippen molar-refractivity contribution in [3.8, 4) is 11.1 Å². The van der Waals surface area contributed by atoms with E-state index in [1.807, 2.05) is 13.8 Å². The Morgan fingerprint density at radius 1 is 0.929 bits per heavy atom. The normalized spacial score (nSPS) is 12.5. The van der Waals surface area contributed by atoms with Crippen molar-refractivity contribution in [1.29, 1.82) is 0 Å². The Labute approximate surface area is 245 Å². The maximum Gasteiger partial charge on any atom is 0.141 e. The number of fused-ring (bicyclic) bond motifs is 3. The van der Waals surface area contributed by atoms with Crippen LogP contribution < -0.4 is 9.67 Å². The van der Waals surface area contributed by atoms with E-state index in [4.69, 9.17) is 9.78 Å². The smallest absolute Gasteiger partial charge is 0.141 e. The van der Waals surface area contributed by atoms with Gasteiger partial charge in [0.2, 0.25) is 0 Å². The SMILES string of the molecule is CC(=O)Nc1ccccc1[As](=O)(O)OO.Cc1noc(C)c1-c1ccc2c3ccccc3n(Cc3ccccc3)c2c1. The number of carbonyl (C=O) groups is 1. The number of anilines is 1. The zero-order chi connectivity index (χ0) is 29.9. The van der Waals surface area contributed by atoms with Crippen LogP contribution in [0.4, 0.5) is 5.69 Å². The number of nitrogens with zero attached hydrogens (tertiary/aromatic N) is 2. The molecule has 0 aliphatic heterocycles. The molecule has 2 aromatic heterocycles. The molecule has 6 rings (SSSR count). The summed E-state index contributed by atoms with van der Waals surface area (Å²) in [6, 6.07) is 31.7. The third kappa shape index (κ3) is 5.95. The second-order valence-corrected chi connectivity index (χ2v) is 13.4. The number of aryl methyl sites for hydroxylation is 2. The second-order valence-electron chi connectivity index (χ2n) is 9.82. The molecule has 10 heteroatoms. The maximum atomic E-state index is 11.4. The molecular formula is C32H30AsN3O6. The number of carbonyl (C=O) groups excluding carboxylic acids is 1. The van der Waals surface area contributed by atoms with Gasteiger partial charge in [-0.2, -0.15) is 0 Å². The van der Waals surface area contributed by atoms with Gasteiger partial charge < -0.3 is 9.09 Å². The summed E-state index contributed by atoms with van der Waals surface area (Å²) in [5.74, 6) is 0.480. The van der Waals surface area contributed by atoms with Crippen molar-refractivity contribution in [2.24, 2.45) is 0 Å². The first-order valence-electron chi connectivity index (χ1n) is 13.2. The van der Waals surface area contributed by atoms with E-state index < -0.39 is 14.2 Å². The van der Waals surface area contributed by atoms with E-state index in [0.717, 1.165) is 29.1 Å². The summed E-state index contributed by atoms with van der Waals surface area (Å²) < 4.78 is 31.9. The Morgan fingerprint density at radius 2 is 1.60 bits per heavy atom. The largest absolute Gasteiger partial charge is 0.361 e. The Hall–Kier alpha value is -4.40.